The first-order valence-electron chi connectivity index (χ1n) is 7.17. The molecule has 1 aromatic carbocycles. The molecule has 0 bridgehead atoms. The Hall–Kier alpha value is -2.66. The Morgan fingerprint density at radius 1 is 1.04 bits per heavy atom. The Morgan fingerprint density at radius 3 is 2.52 bits per heavy atom. The molecule has 0 aliphatic carbocycles. The van der Waals surface area contributed by atoms with E-state index in [0.29, 0.717) is 16.8 Å². The van der Waals surface area contributed by atoms with Crippen LogP contribution in [0, 0.1) is 6.92 Å². The molecule has 2 heterocycles. The lowest BCUT2D eigenvalue weighted by Crippen LogP contribution is -2.03. The van der Waals surface area contributed by atoms with Crippen molar-refractivity contribution in [2.45, 2.75) is 6.92 Å². The molecule has 0 amide bonds. The summed E-state index contributed by atoms with van der Waals surface area (Å²) in [4.78, 5) is 13.0. The van der Waals surface area contributed by atoms with Crippen molar-refractivity contribution in [3.8, 4) is 11.3 Å². The Kier molecular flexibility index (Phi) is 4.39. The molecule has 0 aliphatic heterocycles. The van der Waals surface area contributed by atoms with Gasteiger partial charge in [-0.1, -0.05) is 23.7 Å². The van der Waals surface area contributed by atoms with Crippen LogP contribution in [-0.2, 0) is 0 Å². The van der Waals surface area contributed by atoms with Gasteiger partial charge >= 0.3 is 0 Å². The topological polar surface area (TPSA) is 62.7 Å². The summed E-state index contributed by atoms with van der Waals surface area (Å²) in [7, 11) is 1.79. The van der Waals surface area contributed by atoms with Crippen molar-refractivity contribution in [2.24, 2.45) is 0 Å². The number of anilines is 3. The number of rotatable bonds is 4. The third-order valence-electron chi connectivity index (χ3n) is 3.40. The van der Waals surface area contributed by atoms with Crippen molar-refractivity contribution in [2.75, 3.05) is 17.7 Å². The Balaban J connectivity index is 2.03. The van der Waals surface area contributed by atoms with Gasteiger partial charge in [-0.3, -0.25) is 4.98 Å². The van der Waals surface area contributed by atoms with E-state index >= 15 is 0 Å². The van der Waals surface area contributed by atoms with E-state index in [0.717, 1.165) is 22.5 Å². The number of hydrogen-bond acceptors (Lipinski definition) is 5. The van der Waals surface area contributed by atoms with Crippen molar-refractivity contribution >= 4 is 29.1 Å². The third kappa shape index (κ3) is 3.40. The van der Waals surface area contributed by atoms with E-state index in [1.807, 2.05) is 43.3 Å². The number of hydrogen-bond donors (Lipinski definition) is 2. The van der Waals surface area contributed by atoms with Gasteiger partial charge < -0.3 is 10.6 Å². The van der Waals surface area contributed by atoms with Crippen LogP contribution < -0.4 is 10.6 Å². The number of nitrogens with one attached hydrogen (secondary N) is 2. The van der Waals surface area contributed by atoms with Gasteiger partial charge in [-0.2, -0.15) is 4.98 Å². The molecule has 6 heteroatoms. The molecule has 3 rings (SSSR count). The first-order valence-corrected chi connectivity index (χ1v) is 7.54. The van der Waals surface area contributed by atoms with Gasteiger partial charge in [-0.15, -0.1) is 0 Å². The second kappa shape index (κ2) is 6.62. The van der Waals surface area contributed by atoms with Crippen LogP contribution in [0.15, 0.2) is 48.8 Å². The molecular weight excluding hydrogens is 310 g/mol. The highest BCUT2D eigenvalue weighted by Gasteiger charge is 2.09. The van der Waals surface area contributed by atoms with Crippen LogP contribution in [0.25, 0.3) is 11.3 Å². The zero-order valence-corrected chi connectivity index (χ0v) is 13.6. The molecule has 116 valence electrons. The summed E-state index contributed by atoms with van der Waals surface area (Å²) in [5.74, 6) is 1.21. The quantitative estimate of drug-likeness (QED) is 0.749. The first kappa shape index (κ1) is 15.2. The van der Waals surface area contributed by atoms with E-state index < -0.39 is 0 Å². The lowest BCUT2D eigenvalue weighted by atomic mass is 10.2. The largest absolute Gasteiger partial charge is 0.357 e. The fourth-order valence-electron chi connectivity index (χ4n) is 2.21. The zero-order chi connectivity index (χ0) is 16.2. The summed E-state index contributed by atoms with van der Waals surface area (Å²) in [6, 6.07) is 11.5. The van der Waals surface area contributed by atoms with Crippen LogP contribution in [0.4, 0.5) is 17.5 Å². The summed E-state index contributed by atoms with van der Waals surface area (Å²) >= 11 is 6.28. The fraction of sp³-hybridized carbons (Fsp3) is 0.118. The molecule has 23 heavy (non-hydrogen) atoms. The number of benzene rings is 1. The van der Waals surface area contributed by atoms with Crippen molar-refractivity contribution in [3.63, 3.8) is 0 Å². The van der Waals surface area contributed by atoms with Crippen molar-refractivity contribution < 1.29 is 0 Å². The van der Waals surface area contributed by atoms with Crippen LogP contribution in [-0.4, -0.2) is 22.0 Å². The smallest absolute Gasteiger partial charge is 0.224 e. The van der Waals surface area contributed by atoms with Crippen molar-refractivity contribution in [1.82, 2.24) is 15.0 Å². The Morgan fingerprint density at radius 2 is 1.83 bits per heavy atom. The van der Waals surface area contributed by atoms with Gasteiger partial charge in [0.15, 0.2) is 0 Å². The van der Waals surface area contributed by atoms with Gasteiger partial charge in [0.25, 0.3) is 0 Å². The van der Waals surface area contributed by atoms with Crippen LogP contribution in [0.5, 0.6) is 0 Å². The summed E-state index contributed by atoms with van der Waals surface area (Å²) in [5.41, 5.74) is 3.67. The minimum atomic E-state index is 0.534. The second-order valence-corrected chi connectivity index (χ2v) is 5.41. The third-order valence-corrected chi connectivity index (χ3v) is 3.72. The van der Waals surface area contributed by atoms with Gasteiger partial charge in [0.2, 0.25) is 5.95 Å². The van der Waals surface area contributed by atoms with E-state index in [1.165, 1.54) is 0 Å². The van der Waals surface area contributed by atoms with E-state index in [1.54, 1.807) is 19.4 Å². The van der Waals surface area contributed by atoms with Crippen molar-refractivity contribution in [1.29, 1.82) is 0 Å². The summed E-state index contributed by atoms with van der Waals surface area (Å²) in [6.07, 6.45) is 3.48. The summed E-state index contributed by atoms with van der Waals surface area (Å²) in [5, 5.41) is 6.92. The molecule has 0 aliphatic rings. The Labute approximate surface area is 139 Å². The van der Waals surface area contributed by atoms with Crippen LogP contribution in [0.2, 0.25) is 5.02 Å². The Bertz CT molecular complexity index is 800. The highest BCUT2D eigenvalue weighted by molar-refractivity contribution is 6.33. The fourth-order valence-corrected chi connectivity index (χ4v) is 2.48. The molecule has 0 unspecified atom stereocenters. The molecule has 2 aromatic heterocycles. The minimum absolute atomic E-state index is 0.534. The van der Waals surface area contributed by atoms with E-state index in [-0.39, 0.29) is 0 Å². The lowest BCUT2D eigenvalue weighted by Gasteiger charge is -2.13. The maximum atomic E-state index is 6.28. The molecule has 0 atom stereocenters. The van der Waals surface area contributed by atoms with E-state index in [9.17, 15) is 0 Å². The summed E-state index contributed by atoms with van der Waals surface area (Å²) < 4.78 is 0. The SMILES string of the molecule is CNc1nc(Nc2c(C)cccc2Cl)cc(-c2ccncc2)n1. The predicted octanol–water partition coefficient (Wildman–Crippen LogP) is 4.29. The van der Waals surface area contributed by atoms with Crippen LogP contribution in [0.3, 0.4) is 0 Å². The zero-order valence-electron chi connectivity index (χ0n) is 12.8. The van der Waals surface area contributed by atoms with Crippen LogP contribution >= 0.6 is 11.6 Å². The van der Waals surface area contributed by atoms with Crippen LogP contribution in [0.1, 0.15) is 5.56 Å². The molecule has 3 aromatic rings. The molecule has 0 saturated heterocycles. The standard InChI is InChI=1S/C17H16ClN5/c1-11-4-3-5-13(18)16(11)22-15-10-14(21-17(19-2)23-15)12-6-8-20-9-7-12/h3-10H,1-2H3,(H2,19,21,22,23). The molecule has 5 nitrogen and oxygen atoms in total. The molecule has 0 radical (unpaired) electrons. The highest BCUT2D eigenvalue weighted by Crippen LogP contribution is 2.29. The maximum absolute atomic E-state index is 6.28. The van der Waals surface area contributed by atoms with Gasteiger partial charge in [0.05, 0.1) is 16.4 Å². The molecule has 2 N–H and O–H groups in total. The maximum Gasteiger partial charge on any atom is 0.224 e. The summed E-state index contributed by atoms with van der Waals surface area (Å²) in [6.45, 7) is 2.00. The van der Waals surface area contributed by atoms with Gasteiger partial charge in [-0.05, 0) is 30.7 Å². The van der Waals surface area contributed by atoms with E-state index in [4.69, 9.17) is 11.6 Å². The van der Waals surface area contributed by atoms with Gasteiger partial charge in [-0.25, -0.2) is 4.98 Å². The predicted molar refractivity (Wildman–Crippen MR) is 94.3 cm³/mol. The minimum Gasteiger partial charge on any atom is -0.357 e. The second-order valence-electron chi connectivity index (χ2n) is 5.00. The molecule has 0 saturated carbocycles. The molecule has 0 fully saturated rings. The average molecular weight is 326 g/mol. The number of aromatic nitrogens is 3. The first-order chi connectivity index (χ1) is 11.2. The molecule has 0 spiro atoms. The number of pyridine rings is 1. The number of aryl methyl sites for hydroxylation is 1. The van der Waals surface area contributed by atoms with Gasteiger partial charge in [0, 0.05) is 31.1 Å². The van der Waals surface area contributed by atoms with Gasteiger partial charge in [0.1, 0.15) is 5.82 Å². The molecular formula is C17H16ClN5. The monoisotopic (exact) mass is 325 g/mol. The number of halogens is 1. The normalized spacial score (nSPS) is 10.4. The average Bonchev–Trinajstić information content (AvgIpc) is 2.59. The number of nitrogens with zero attached hydrogens (tertiary/aromatic N) is 3. The highest BCUT2D eigenvalue weighted by atomic mass is 35.5. The van der Waals surface area contributed by atoms with E-state index in [2.05, 4.69) is 25.6 Å². The van der Waals surface area contributed by atoms with Crippen molar-refractivity contribution in [3.05, 3.63) is 59.4 Å². The number of para-hydroxylation sites is 1. The lowest BCUT2D eigenvalue weighted by molar-refractivity contribution is 1.15.